The zero-order valence-electron chi connectivity index (χ0n) is 21.3. The molecule has 0 aliphatic rings. The molecule has 0 aliphatic heterocycles. The first kappa shape index (κ1) is 22.1. The highest BCUT2D eigenvalue weighted by molar-refractivity contribution is 6.21. The van der Waals surface area contributed by atoms with Crippen LogP contribution in [0, 0.1) is 6.92 Å². The minimum atomic E-state index is 0.845. The molecular weight excluding hydrogens is 456 g/mol. The Morgan fingerprint density at radius 2 is 1.11 bits per heavy atom. The van der Waals surface area contributed by atoms with Crippen molar-refractivity contribution in [1.82, 2.24) is 9.13 Å². The zero-order valence-corrected chi connectivity index (χ0v) is 21.3. The lowest BCUT2D eigenvalue weighted by Gasteiger charge is -2.09. The van der Waals surface area contributed by atoms with Gasteiger partial charge in [0.25, 0.3) is 0 Å². The monoisotopic (exact) mass is 486 g/mol. The maximum atomic E-state index is 6.24. The van der Waals surface area contributed by atoms with E-state index >= 15 is 0 Å². The van der Waals surface area contributed by atoms with Gasteiger partial charge in [-0.25, -0.2) is 0 Å². The fourth-order valence-corrected chi connectivity index (χ4v) is 5.77. The van der Waals surface area contributed by atoms with Crippen LogP contribution in [0.5, 0.6) is 0 Å². The molecule has 184 valence electrons. The first-order chi connectivity index (χ1) is 18.2. The van der Waals surface area contributed by atoms with Gasteiger partial charge in [0, 0.05) is 41.7 Å². The normalized spacial score (nSPS) is 12.1. The number of rotatable bonds is 7. The molecule has 3 aromatic carbocycles. The highest BCUT2D eigenvalue weighted by atomic mass is 16.4. The summed E-state index contributed by atoms with van der Waals surface area (Å²) in [6, 6.07) is 26.1. The number of aromatic nitrogens is 2. The molecule has 0 radical (unpaired) electrons. The predicted octanol–water partition coefficient (Wildman–Crippen LogP) is 9.50. The number of nitrogens with zero attached hydrogens (tertiary/aromatic N) is 2. The number of hydrogen-bond acceptors (Lipinski definition) is 2. The van der Waals surface area contributed by atoms with Crippen molar-refractivity contribution in [3.63, 3.8) is 0 Å². The molecule has 4 heterocycles. The van der Waals surface area contributed by atoms with Gasteiger partial charge in [-0.15, -0.1) is 0 Å². The average Bonchev–Trinajstić information content (AvgIpc) is 3.71. The molecule has 7 rings (SSSR count). The van der Waals surface area contributed by atoms with Crippen molar-refractivity contribution in [3.8, 4) is 11.8 Å². The van der Waals surface area contributed by atoms with Gasteiger partial charge < -0.3 is 8.83 Å². The van der Waals surface area contributed by atoms with E-state index in [1.54, 1.807) is 0 Å². The maximum Gasteiger partial charge on any atom is 0.204 e. The Bertz CT molecular complexity index is 1890. The van der Waals surface area contributed by atoms with Crippen molar-refractivity contribution in [1.29, 1.82) is 0 Å². The van der Waals surface area contributed by atoms with E-state index in [1.165, 1.54) is 63.5 Å². The van der Waals surface area contributed by atoms with Crippen molar-refractivity contribution >= 4 is 43.4 Å². The summed E-state index contributed by atoms with van der Waals surface area (Å²) in [6.07, 6.45) is 10.2. The Morgan fingerprint density at radius 1 is 0.541 bits per heavy atom. The first-order valence-electron chi connectivity index (χ1n) is 13.3. The summed E-state index contributed by atoms with van der Waals surface area (Å²) in [5.41, 5.74) is 2.32. The Morgan fingerprint density at radius 3 is 1.70 bits per heavy atom. The molecule has 4 aromatic heterocycles. The summed E-state index contributed by atoms with van der Waals surface area (Å²) >= 11 is 0. The predicted molar refractivity (Wildman–Crippen MR) is 152 cm³/mol. The SMILES string of the molecule is CCCCCCc1ccc(-n2ccc3c4ccc5c(ccc6c5ccn6-c5ccc(C)o5)c4ccc32)o1. The van der Waals surface area contributed by atoms with Crippen molar-refractivity contribution in [2.45, 2.75) is 46.0 Å². The van der Waals surface area contributed by atoms with E-state index in [2.05, 4.69) is 89.1 Å². The molecule has 0 saturated carbocycles. The summed E-state index contributed by atoms with van der Waals surface area (Å²) < 4.78 is 16.4. The first-order valence-corrected chi connectivity index (χ1v) is 13.3. The van der Waals surface area contributed by atoms with Crippen LogP contribution in [-0.4, -0.2) is 9.13 Å². The molecule has 0 bridgehead atoms. The van der Waals surface area contributed by atoms with Crippen LogP contribution < -0.4 is 0 Å². The number of hydrogen-bond donors (Lipinski definition) is 0. The molecule has 0 amide bonds. The second kappa shape index (κ2) is 8.74. The van der Waals surface area contributed by atoms with Gasteiger partial charge in [-0.3, -0.25) is 9.13 Å². The van der Waals surface area contributed by atoms with Crippen LogP contribution in [0.15, 0.2) is 94.0 Å². The van der Waals surface area contributed by atoms with E-state index < -0.39 is 0 Å². The Balaban J connectivity index is 1.30. The number of aryl methyl sites for hydroxylation is 2. The molecule has 0 saturated heterocycles. The lowest BCUT2D eigenvalue weighted by molar-refractivity contribution is 0.480. The molecule has 4 nitrogen and oxygen atoms in total. The topological polar surface area (TPSA) is 36.1 Å². The minimum Gasteiger partial charge on any atom is -0.445 e. The number of benzene rings is 3. The third-order valence-corrected chi connectivity index (χ3v) is 7.66. The van der Waals surface area contributed by atoms with Gasteiger partial charge in [0.05, 0.1) is 11.0 Å². The largest absolute Gasteiger partial charge is 0.445 e. The van der Waals surface area contributed by atoms with Crippen LogP contribution in [0.25, 0.3) is 55.1 Å². The molecule has 0 fully saturated rings. The van der Waals surface area contributed by atoms with E-state index in [-0.39, 0.29) is 0 Å². The van der Waals surface area contributed by atoms with E-state index in [4.69, 9.17) is 8.83 Å². The third kappa shape index (κ3) is 3.59. The van der Waals surface area contributed by atoms with Crippen molar-refractivity contribution < 1.29 is 8.83 Å². The van der Waals surface area contributed by atoms with Crippen LogP contribution in [-0.2, 0) is 6.42 Å². The molecule has 37 heavy (non-hydrogen) atoms. The van der Waals surface area contributed by atoms with Gasteiger partial charge >= 0.3 is 0 Å². The second-order valence-corrected chi connectivity index (χ2v) is 10.1. The van der Waals surface area contributed by atoms with Crippen LogP contribution in [0.4, 0.5) is 0 Å². The molecule has 0 aliphatic carbocycles. The van der Waals surface area contributed by atoms with Gasteiger partial charge in [0.1, 0.15) is 11.5 Å². The molecule has 0 spiro atoms. The summed E-state index contributed by atoms with van der Waals surface area (Å²) in [5, 5.41) is 7.51. The van der Waals surface area contributed by atoms with Gasteiger partial charge in [0.2, 0.25) is 11.8 Å². The van der Waals surface area contributed by atoms with Gasteiger partial charge in [-0.2, -0.15) is 0 Å². The van der Waals surface area contributed by atoms with Gasteiger partial charge in [0.15, 0.2) is 0 Å². The van der Waals surface area contributed by atoms with Gasteiger partial charge in [-0.1, -0.05) is 50.5 Å². The summed E-state index contributed by atoms with van der Waals surface area (Å²) in [7, 11) is 0. The lowest BCUT2D eigenvalue weighted by Crippen LogP contribution is -1.90. The Kier molecular flexibility index (Phi) is 5.21. The van der Waals surface area contributed by atoms with E-state index in [9.17, 15) is 0 Å². The van der Waals surface area contributed by atoms with E-state index in [0.717, 1.165) is 35.2 Å². The smallest absolute Gasteiger partial charge is 0.204 e. The van der Waals surface area contributed by atoms with Crippen LogP contribution in [0.3, 0.4) is 0 Å². The minimum absolute atomic E-state index is 0.845. The Hall–Kier alpha value is -4.18. The third-order valence-electron chi connectivity index (χ3n) is 7.66. The molecule has 7 aromatic rings. The summed E-state index contributed by atoms with van der Waals surface area (Å²) in [5.74, 6) is 3.72. The second-order valence-electron chi connectivity index (χ2n) is 10.1. The fourth-order valence-electron chi connectivity index (χ4n) is 5.77. The van der Waals surface area contributed by atoms with Crippen molar-refractivity contribution in [3.05, 3.63) is 96.7 Å². The molecule has 4 heteroatoms. The lowest BCUT2D eigenvalue weighted by atomic mass is 9.98. The highest BCUT2D eigenvalue weighted by Crippen LogP contribution is 2.36. The van der Waals surface area contributed by atoms with Crippen molar-refractivity contribution in [2.24, 2.45) is 0 Å². The number of fused-ring (bicyclic) bond motifs is 7. The van der Waals surface area contributed by atoms with Crippen LogP contribution in [0.1, 0.15) is 44.1 Å². The number of unbranched alkanes of at least 4 members (excludes halogenated alkanes) is 3. The molecule has 0 N–H and O–H groups in total. The number of furan rings is 2. The van der Waals surface area contributed by atoms with Gasteiger partial charge in [-0.05, 0) is 71.3 Å². The zero-order chi connectivity index (χ0) is 24.9. The summed E-state index contributed by atoms with van der Waals surface area (Å²) in [6.45, 7) is 4.22. The van der Waals surface area contributed by atoms with Crippen molar-refractivity contribution in [2.75, 3.05) is 0 Å². The Labute approximate surface area is 215 Å². The quantitative estimate of drug-likeness (QED) is 0.166. The molecule has 0 unspecified atom stereocenters. The van der Waals surface area contributed by atoms with Crippen LogP contribution >= 0.6 is 0 Å². The fraction of sp³-hybridized carbons (Fsp3) is 0.212. The van der Waals surface area contributed by atoms with E-state index in [0.29, 0.717) is 0 Å². The molecule has 0 atom stereocenters. The van der Waals surface area contributed by atoms with Crippen LogP contribution in [0.2, 0.25) is 0 Å². The standard InChI is InChI=1S/C33H30N2O2/c1-3-4-5-6-7-23-9-17-33(37-23)35-21-19-29-27-11-10-26-24(25(27)13-15-31(29)35)12-14-30-28(26)18-20-34(30)32-16-8-22(2)36-32/h8-21H,3-7H2,1-2H3. The average molecular weight is 487 g/mol. The van der Waals surface area contributed by atoms with E-state index in [1.807, 2.05) is 19.1 Å². The molecular formula is C33H30N2O2. The highest BCUT2D eigenvalue weighted by Gasteiger charge is 2.14. The maximum absolute atomic E-state index is 6.24. The summed E-state index contributed by atoms with van der Waals surface area (Å²) in [4.78, 5) is 0.